The van der Waals surface area contributed by atoms with E-state index in [1.54, 1.807) is 18.2 Å². The van der Waals surface area contributed by atoms with Crippen molar-refractivity contribution < 1.29 is 28.2 Å². The molecule has 1 fully saturated rings. The number of fused-ring (bicyclic) bond motifs is 1. The largest absolute Gasteiger partial charge is 0.454 e. The van der Waals surface area contributed by atoms with Gasteiger partial charge in [0.05, 0.1) is 12.3 Å². The van der Waals surface area contributed by atoms with E-state index in [-0.39, 0.29) is 18.3 Å². The number of rotatable bonds is 5. The summed E-state index contributed by atoms with van der Waals surface area (Å²) in [5.41, 5.74) is -0.814. The quantitative estimate of drug-likeness (QED) is 0.545. The highest BCUT2D eigenvalue weighted by molar-refractivity contribution is 6.74. The van der Waals surface area contributed by atoms with Crippen molar-refractivity contribution in [2.45, 2.75) is 57.2 Å². The minimum absolute atomic E-state index is 0.0368. The van der Waals surface area contributed by atoms with Gasteiger partial charge in [-0.1, -0.05) is 26.8 Å². The Kier molecular flexibility index (Phi) is 5.21. The van der Waals surface area contributed by atoms with Crippen molar-refractivity contribution >= 4 is 14.3 Å². The van der Waals surface area contributed by atoms with E-state index in [0.717, 1.165) is 0 Å². The number of ether oxygens (including phenoxy) is 4. The van der Waals surface area contributed by atoms with Crippen LogP contribution in [0.1, 0.15) is 32.8 Å². The highest BCUT2D eigenvalue weighted by atomic mass is 28.4. The van der Waals surface area contributed by atoms with E-state index >= 15 is 0 Å². The van der Waals surface area contributed by atoms with Gasteiger partial charge in [0.1, 0.15) is 6.07 Å². The summed E-state index contributed by atoms with van der Waals surface area (Å²) in [5, 5.41) is 10.3. The summed E-state index contributed by atoms with van der Waals surface area (Å²) < 4.78 is 28.3. The van der Waals surface area contributed by atoms with E-state index in [1.807, 2.05) is 0 Å². The number of hydrogen-bond donors (Lipinski definition) is 0. The molecular formula is C20H27NO6Si. The summed E-state index contributed by atoms with van der Waals surface area (Å²) in [6.07, 6.45) is -0.822. The standard InChI is InChI=1S/C20H27NO6Si/c1-19(2,3)28(5,6)27-20(11-21,14-10-17(22)26-18(14)23-4)13-7-8-15-16(9-13)25-12-24-15/h7-9,14,18H,10,12H2,1-6H3/t14-,18-,20?/m0/s1. The molecule has 1 saturated heterocycles. The van der Waals surface area contributed by atoms with Crippen LogP contribution in [-0.2, 0) is 24.3 Å². The van der Waals surface area contributed by atoms with E-state index in [0.29, 0.717) is 17.1 Å². The Hall–Kier alpha value is -2.08. The molecule has 0 saturated carbocycles. The van der Waals surface area contributed by atoms with Gasteiger partial charge in [-0.15, -0.1) is 0 Å². The van der Waals surface area contributed by atoms with Crippen LogP contribution in [0.15, 0.2) is 18.2 Å². The Morgan fingerprint density at radius 3 is 2.50 bits per heavy atom. The summed E-state index contributed by atoms with van der Waals surface area (Å²) >= 11 is 0. The van der Waals surface area contributed by atoms with Crippen molar-refractivity contribution in [3.63, 3.8) is 0 Å². The first-order chi connectivity index (χ1) is 13.0. The first-order valence-corrected chi connectivity index (χ1v) is 12.2. The Morgan fingerprint density at radius 2 is 1.89 bits per heavy atom. The maximum Gasteiger partial charge on any atom is 0.308 e. The van der Waals surface area contributed by atoms with Crippen LogP contribution in [0.4, 0.5) is 0 Å². The van der Waals surface area contributed by atoms with Gasteiger partial charge in [-0.2, -0.15) is 5.26 Å². The summed E-state index contributed by atoms with van der Waals surface area (Å²) in [5.74, 6) is 0.153. The third kappa shape index (κ3) is 3.38. The minimum atomic E-state index is -2.42. The normalized spacial score (nSPS) is 23.8. The summed E-state index contributed by atoms with van der Waals surface area (Å²) in [7, 11) is -0.956. The molecule has 2 aliphatic rings. The van der Waals surface area contributed by atoms with Crippen molar-refractivity contribution in [1.82, 2.24) is 0 Å². The van der Waals surface area contributed by atoms with Gasteiger partial charge in [0.15, 0.2) is 25.4 Å². The number of carbonyl (C=O) groups is 1. The average molecular weight is 406 g/mol. The molecule has 28 heavy (non-hydrogen) atoms. The molecule has 0 aliphatic carbocycles. The Morgan fingerprint density at radius 1 is 1.21 bits per heavy atom. The second-order valence-corrected chi connectivity index (χ2v) is 13.4. The number of methoxy groups -OCH3 is 1. The molecule has 1 aromatic carbocycles. The molecular weight excluding hydrogens is 378 g/mol. The molecule has 8 heteroatoms. The number of cyclic esters (lactones) is 1. The lowest BCUT2D eigenvalue weighted by atomic mass is 9.80. The van der Waals surface area contributed by atoms with E-state index in [4.69, 9.17) is 23.4 Å². The molecule has 2 heterocycles. The Labute approximate surface area is 166 Å². The zero-order valence-electron chi connectivity index (χ0n) is 17.2. The fourth-order valence-electron chi connectivity index (χ4n) is 3.29. The number of nitrogens with zero attached hydrogens (tertiary/aromatic N) is 1. The zero-order chi connectivity index (χ0) is 20.7. The number of hydrogen-bond acceptors (Lipinski definition) is 7. The predicted octanol–water partition coefficient (Wildman–Crippen LogP) is 3.69. The van der Waals surface area contributed by atoms with Crippen LogP contribution < -0.4 is 9.47 Å². The van der Waals surface area contributed by atoms with Crippen LogP contribution in [0.3, 0.4) is 0 Å². The van der Waals surface area contributed by atoms with Gasteiger partial charge in [0.2, 0.25) is 13.1 Å². The molecule has 0 bridgehead atoms. The van der Waals surface area contributed by atoms with Crippen molar-refractivity contribution in [3.8, 4) is 17.6 Å². The molecule has 2 aliphatic heterocycles. The lowest BCUT2D eigenvalue weighted by molar-refractivity contribution is -0.168. The van der Waals surface area contributed by atoms with Gasteiger partial charge in [-0.25, -0.2) is 0 Å². The number of carbonyl (C=O) groups excluding carboxylic acids is 1. The molecule has 0 spiro atoms. The number of benzene rings is 1. The molecule has 3 rings (SSSR count). The molecule has 1 aromatic rings. The Balaban J connectivity index is 2.15. The fraction of sp³-hybridized carbons (Fsp3) is 0.600. The minimum Gasteiger partial charge on any atom is -0.454 e. The van der Waals surface area contributed by atoms with Crippen LogP contribution in [0.5, 0.6) is 11.5 Å². The predicted molar refractivity (Wildman–Crippen MR) is 103 cm³/mol. The van der Waals surface area contributed by atoms with Crippen molar-refractivity contribution in [2.75, 3.05) is 13.9 Å². The monoisotopic (exact) mass is 405 g/mol. The first-order valence-electron chi connectivity index (χ1n) is 9.28. The highest BCUT2D eigenvalue weighted by Gasteiger charge is 2.56. The SMILES string of the molecule is CO[C@H]1OC(=O)C[C@@H]1C(C#N)(O[Si](C)(C)C(C)(C)C)c1ccc2c(c1)OCO2. The van der Waals surface area contributed by atoms with E-state index in [1.165, 1.54) is 7.11 Å². The highest BCUT2D eigenvalue weighted by Crippen LogP contribution is 2.49. The van der Waals surface area contributed by atoms with E-state index < -0.39 is 32.1 Å². The third-order valence-corrected chi connectivity index (χ3v) is 10.4. The molecule has 152 valence electrons. The molecule has 0 N–H and O–H groups in total. The summed E-state index contributed by atoms with van der Waals surface area (Å²) in [4.78, 5) is 12.1. The number of nitriles is 1. The van der Waals surface area contributed by atoms with Gasteiger partial charge in [0, 0.05) is 12.7 Å². The van der Waals surface area contributed by atoms with E-state index in [9.17, 15) is 10.1 Å². The lowest BCUT2D eigenvalue weighted by Crippen LogP contribution is -2.52. The third-order valence-electron chi connectivity index (χ3n) is 5.91. The molecule has 1 unspecified atom stereocenters. The lowest BCUT2D eigenvalue weighted by Gasteiger charge is -2.45. The van der Waals surface area contributed by atoms with Gasteiger partial charge < -0.3 is 23.4 Å². The maximum atomic E-state index is 12.1. The first kappa shape index (κ1) is 20.6. The zero-order valence-corrected chi connectivity index (χ0v) is 18.2. The Bertz CT molecular complexity index is 812. The second kappa shape index (κ2) is 7.06. The van der Waals surface area contributed by atoms with Crippen LogP contribution in [-0.4, -0.2) is 34.5 Å². The molecule has 0 radical (unpaired) electrons. The second-order valence-electron chi connectivity index (χ2n) is 8.68. The topological polar surface area (TPSA) is 87.0 Å². The van der Waals surface area contributed by atoms with Crippen LogP contribution in [0, 0.1) is 17.2 Å². The van der Waals surface area contributed by atoms with Crippen molar-refractivity contribution in [2.24, 2.45) is 5.92 Å². The molecule has 3 atom stereocenters. The maximum absolute atomic E-state index is 12.1. The summed E-state index contributed by atoms with van der Waals surface area (Å²) in [6, 6.07) is 7.69. The van der Waals surface area contributed by atoms with Crippen LogP contribution in [0.25, 0.3) is 0 Å². The average Bonchev–Trinajstić information content (AvgIpc) is 3.24. The van der Waals surface area contributed by atoms with Gasteiger partial charge in [0.25, 0.3) is 0 Å². The van der Waals surface area contributed by atoms with Gasteiger partial charge >= 0.3 is 5.97 Å². The smallest absolute Gasteiger partial charge is 0.308 e. The van der Waals surface area contributed by atoms with E-state index in [2.05, 4.69) is 39.9 Å². The van der Waals surface area contributed by atoms with Crippen molar-refractivity contribution in [1.29, 1.82) is 5.26 Å². The molecule has 7 nitrogen and oxygen atoms in total. The molecule has 0 aromatic heterocycles. The van der Waals surface area contributed by atoms with Crippen molar-refractivity contribution in [3.05, 3.63) is 23.8 Å². The fourth-order valence-corrected chi connectivity index (χ4v) is 4.71. The van der Waals surface area contributed by atoms with Gasteiger partial charge in [-0.3, -0.25) is 4.79 Å². The molecule has 0 amide bonds. The van der Waals surface area contributed by atoms with Crippen LogP contribution in [0.2, 0.25) is 18.1 Å². The van der Waals surface area contributed by atoms with Crippen LogP contribution >= 0.6 is 0 Å². The summed E-state index contributed by atoms with van der Waals surface area (Å²) in [6.45, 7) is 10.6. The van der Waals surface area contributed by atoms with Gasteiger partial charge in [-0.05, 0) is 30.3 Å². The number of esters is 1.